The number of phenols is 1. The van der Waals surface area contributed by atoms with Gasteiger partial charge in [0, 0.05) is 12.2 Å². The van der Waals surface area contributed by atoms with E-state index >= 15 is 0 Å². The van der Waals surface area contributed by atoms with E-state index < -0.39 is 11.9 Å². The van der Waals surface area contributed by atoms with Crippen molar-refractivity contribution < 1.29 is 34.8 Å². The summed E-state index contributed by atoms with van der Waals surface area (Å²) in [4.78, 5) is 19.3. The van der Waals surface area contributed by atoms with Crippen LogP contribution in [0.25, 0.3) is 0 Å². The van der Waals surface area contributed by atoms with E-state index in [-0.39, 0.29) is 25.0 Å². The highest BCUT2D eigenvalue weighted by Crippen LogP contribution is 2.44. The van der Waals surface area contributed by atoms with Gasteiger partial charge in [-0.3, -0.25) is 9.59 Å². The summed E-state index contributed by atoms with van der Waals surface area (Å²) in [6.07, 6.45) is 13.5. The Morgan fingerprint density at radius 3 is 1.71 bits per heavy atom. The molecule has 7 nitrogen and oxygen atoms in total. The molecule has 0 aliphatic carbocycles. The standard InChI is InChI=1S/C29H50O2.C4H6O4.C2H6O/c1-20(2)12-9-13-21(3)14-10-15-22(4)16-11-18-29(8)19-17-26-25(7)27(30)23(5)24(6)28(26)31-29;5-3(6)1-2-4(7)8;1-2-3/h20-22,30H,9-19H2,1-8H3;1-2H2,(H,5,6)(H,7,8);3H,2H2,1H3/t21?,22?,29-;;/m1../s1. The maximum Gasteiger partial charge on any atom is 0.303 e. The minimum Gasteiger partial charge on any atom is -0.507 e. The van der Waals surface area contributed by atoms with Gasteiger partial charge in [-0.25, -0.2) is 0 Å². The van der Waals surface area contributed by atoms with E-state index in [1.807, 2.05) is 13.8 Å². The van der Waals surface area contributed by atoms with Gasteiger partial charge in [-0.05, 0) is 94.7 Å². The topological polar surface area (TPSA) is 124 Å². The van der Waals surface area contributed by atoms with Crippen molar-refractivity contribution in [1.82, 2.24) is 0 Å². The lowest BCUT2D eigenvalue weighted by atomic mass is 9.84. The molecule has 1 aromatic rings. The van der Waals surface area contributed by atoms with Crippen molar-refractivity contribution in [3.8, 4) is 11.5 Å². The smallest absolute Gasteiger partial charge is 0.303 e. The number of benzene rings is 1. The lowest BCUT2D eigenvalue weighted by molar-refractivity contribution is -0.143. The first-order valence-corrected chi connectivity index (χ1v) is 16.1. The molecular formula is C35H62O7. The van der Waals surface area contributed by atoms with E-state index in [4.69, 9.17) is 20.1 Å². The molecule has 2 rings (SSSR count). The third-order valence-corrected chi connectivity index (χ3v) is 8.42. The first-order valence-electron chi connectivity index (χ1n) is 16.1. The Morgan fingerprint density at radius 1 is 0.810 bits per heavy atom. The molecule has 42 heavy (non-hydrogen) atoms. The fourth-order valence-corrected chi connectivity index (χ4v) is 5.49. The van der Waals surface area contributed by atoms with E-state index in [1.54, 1.807) is 6.92 Å². The van der Waals surface area contributed by atoms with Gasteiger partial charge >= 0.3 is 11.9 Å². The number of hydrogen-bond donors (Lipinski definition) is 4. The molecule has 0 saturated heterocycles. The van der Waals surface area contributed by atoms with Crippen LogP contribution in [-0.2, 0) is 16.0 Å². The van der Waals surface area contributed by atoms with E-state index in [1.165, 1.54) is 56.9 Å². The Hall–Kier alpha value is -2.28. The highest BCUT2D eigenvalue weighted by Gasteiger charge is 2.34. The quantitative estimate of drug-likeness (QED) is 0.160. The number of ether oxygens (including phenoxy) is 1. The molecule has 1 aliphatic rings. The molecule has 0 aromatic heterocycles. The molecule has 0 radical (unpaired) electrons. The third-order valence-electron chi connectivity index (χ3n) is 8.42. The molecule has 0 saturated carbocycles. The van der Waals surface area contributed by atoms with Crippen molar-refractivity contribution in [3.63, 3.8) is 0 Å². The molecule has 1 aliphatic heterocycles. The zero-order chi connectivity index (χ0) is 32.5. The molecule has 0 spiro atoms. The third kappa shape index (κ3) is 15.8. The summed E-state index contributed by atoms with van der Waals surface area (Å²) in [5.74, 6) is 1.88. The van der Waals surface area contributed by atoms with Crippen LogP contribution in [0.3, 0.4) is 0 Å². The second-order valence-corrected chi connectivity index (χ2v) is 13.0. The highest BCUT2D eigenvalue weighted by atomic mass is 16.5. The Labute approximate surface area is 256 Å². The number of carboxylic acids is 2. The van der Waals surface area contributed by atoms with E-state index in [0.29, 0.717) is 5.75 Å². The van der Waals surface area contributed by atoms with Gasteiger partial charge in [0.1, 0.15) is 17.1 Å². The summed E-state index contributed by atoms with van der Waals surface area (Å²) in [7, 11) is 0. The fraction of sp³-hybridized carbons (Fsp3) is 0.771. The predicted octanol–water partition coefficient (Wildman–Crippen LogP) is 8.77. The first kappa shape index (κ1) is 39.7. The fourth-order valence-electron chi connectivity index (χ4n) is 5.49. The number of carboxylic acid groups (broad SMARTS) is 2. The van der Waals surface area contributed by atoms with Crippen molar-refractivity contribution in [3.05, 3.63) is 22.3 Å². The molecule has 1 aromatic carbocycles. The van der Waals surface area contributed by atoms with Crippen molar-refractivity contribution in [2.75, 3.05) is 6.61 Å². The van der Waals surface area contributed by atoms with Crippen LogP contribution in [0, 0.1) is 38.5 Å². The minimum absolute atomic E-state index is 0.0712. The number of rotatable bonds is 15. The molecule has 3 atom stereocenters. The van der Waals surface area contributed by atoms with Crippen molar-refractivity contribution >= 4 is 11.9 Å². The summed E-state index contributed by atoms with van der Waals surface area (Å²) in [6, 6.07) is 0. The number of aliphatic hydroxyl groups is 1. The number of carbonyl (C=O) groups is 2. The van der Waals surface area contributed by atoms with Gasteiger partial charge in [-0.1, -0.05) is 72.6 Å². The number of aliphatic carboxylic acids is 2. The number of phenolic OH excluding ortho intramolecular Hbond substituents is 1. The minimum atomic E-state index is -1.08. The van der Waals surface area contributed by atoms with Crippen LogP contribution < -0.4 is 4.74 Å². The maximum absolute atomic E-state index is 10.4. The Kier molecular flexibility index (Phi) is 19.5. The van der Waals surface area contributed by atoms with Crippen molar-refractivity contribution in [2.24, 2.45) is 17.8 Å². The van der Waals surface area contributed by atoms with Crippen LogP contribution in [0.1, 0.15) is 141 Å². The Bertz CT molecular complexity index is 926. The molecule has 0 bridgehead atoms. The monoisotopic (exact) mass is 594 g/mol. The number of aliphatic hydroxyl groups excluding tert-OH is 1. The lowest BCUT2D eigenvalue weighted by Gasteiger charge is -2.38. The van der Waals surface area contributed by atoms with Gasteiger partial charge in [0.2, 0.25) is 0 Å². The summed E-state index contributed by atoms with van der Waals surface area (Å²) in [5, 5.41) is 33.8. The van der Waals surface area contributed by atoms with E-state index in [2.05, 4.69) is 41.5 Å². The van der Waals surface area contributed by atoms with Crippen LogP contribution in [0.15, 0.2) is 0 Å². The maximum atomic E-state index is 10.4. The number of fused-ring (bicyclic) bond motifs is 1. The second kappa shape index (κ2) is 20.6. The molecule has 7 heteroatoms. The molecule has 244 valence electrons. The molecule has 4 N–H and O–H groups in total. The molecule has 0 amide bonds. The zero-order valence-corrected chi connectivity index (χ0v) is 28.1. The largest absolute Gasteiger partial charge is 0.507 e. The van der Waals surface area contributed by atoms with Gasteiger partial charge in [-0.2, -0.15) is 0 Å². The summed E-state index contributed by atoms with van der Waals surface area (Å²) in [6.45, 7) is 19.9. The number of aromatic hydroxyl groups is 1. The molecule has 2 unspecified atom stereocenters. The summed E-state index contributed by atoms with van der Waals surface area (Å²) in [5.41, 5.74) is 4.23. The van der Waals surface area contributed by atoms with E-state index in [0.717, 1.165) is 59.5 Å². The Balaban J connectivity index is 0.00000130. The van der Waals surface area contributed by atoms with Gasteiger partial charge in [0.05, 0.1) is 12.8 Å². The normalized spacial score (nSPS) is 17.1. The first-order chi connectivity index (χ1) is 19.6. The van der Waals surface area contributed by atoms with Crippen LogP contribution >= 0.6 is 0 Å². The van der Waals surface area contributed by atoms with Crippen molar-refractivity contribution in [1.29, 1.82) is 0 Å². The summed E-state index contributed by atoms with van der Waals surface area (Å²) < 4.78 is 6.60. The van der Waals surface area contributed by atoms with Crippen LogP contribution in [0.4, 0.5) is 0 Å². The van der Waals surface area contributed by atoms with Gasteiger partial charge in [0.15, 0.2) is 0 Å². The zero-order valence-electron chi connectivity index (χ0n) is 28.1. The van der Waals surface area contributed by atoms with Gasteiger partial charge in [0.25, 0.3) is 0 Å². The van der Waals surface area contributed by atoms with E-state index in [9.17, 15) is 14.7 Å². The number of hydrogen-bond acceptors (Lipinski definition) is 5. The summed E-state index contributed by atoms with van der Waals surface area (Å²) >= 11 is 0. The molecule has 1 heterocycles. The molecular weight excluding hydrogens is 532 g/mol. The SMILES string of the molecule is CCO.Cc1c(C)c2c(c(C)c1O)CC[C@@](C)(CCCC(C)CCCC(C)CCCC(C)C)O2.O=C(O)CCC(=O)O. The van der Waals surface area contributed by atoms with Crippen LogP contribution in [0.5, 0.6) is 11.5 Å². The predicted molar refractivity (Wildman–Crippen MR) is 172 cm³/mol. The highest BCUT2D eigenvalue weighted by molar-refractivity contribution is 5.75. The Morgan fingerprint density at radius 2 is 1.26 bits per heavy atom. The van der Waals surface area contributed by atoms with Gasteiger partial charge < -0.3 is 25.2 Å². The second-order valence-electron chi connectivity index (χ2n) is 13.0. The van der Waals surface area contributed by atoms with Crippen molar-refractivity contribution in [2.45, 2.75) is 151 Å². The van der Waals surface area contributed by atoms with Gasteiger partial charge in [-0.15, -0.1) is 0 Å². The lowest BCUT2D eigenvalue weighted by Crippen LogP contribution is -2.37. The van der Waals surface area contributed by atoms with Crippen LogP contribution in [-0.4, -0.2) is 44.6 Å². The van der Waals surface area contributed by atoms with Crippen LogP contribution in [0.2, 0.25) is 0 Å². The molecule has 0 fully saturated rings. The average molecular weight is 595 g/mol. The average Bonchev–Trinajstić information content (AvgIpc) is 2.90.